The van der Waals surface area contributed by atoms with E-state index in [0.29, 0.717) is 11.5 Å². The summed E-state index contributed by atoms with van der Waals surface area (Å²) in [6, 6.07) is 17.0. The lowest BCUT2D eigenvalue weighted by atomic mass is 10.2. The summed E-state index contributed by atoms with van der Waals surface area (Å²) >= 11 is 1.64. The van der Waals surface area contributed by atoms with Crippen molar-refractivity contribution in [3.05, 3.63) is 66.5 Å². The molecule has 0 aliphatic rings. The highest BCUT2D eigenvalue weighted by Crippen LogP contribution is 2.17. The molecule has 5 nitrogen and oxygen atoms in total. The van der Waals surface area contributed by atoms with Gasteiger partial charge in [0.05, 0.1) is 5.69 Å². The van der Waals surface area contributed by atoms with E-state index in [9.17, 15) is 4.79 Å². The number of hydrogen-bond acceptors (Lipinski definition) is 4. The highest BCUT2D eigenvalue weighted by atomic mass is 32.2. The van der Waals surface area contributed by atoms with Gasteiger partial charge in [-0.15, -0.1) is 22.0 Å². The van der Waals surface area contributed by atoms with Crippen LogP contribution in [0.15, 0.2) is 65.8 Å². The Morgan fingerprint density at radius 1 is 1.09 bits per heavy atom. The van der Waals surface area contributed by atoms with Crippen molar-refractivity contribution in [3.8, 4) is 5.69 Å². The Balaban J connectivity index is 1.81. The zero-order valence-electron chi connectivity index (χ0n) is 11.9. The summed E-state index contributed by atoms with van der Waals surface area (Å²) in [5.74, 6) is 0.183. The van der Waals surface area contributed by atoms with Crippen LogP contribution in [0.4, 0.5) is 5.95 Å². The molecule has 0 aliphatic carbocycles. The number of nitrogens with zero attached hydrogens (tertiary/aromatic N) is 3. The van der Waals surface area contributed by atoms with Crippen LogP contribution in [0.2, 0.25) is 0 Å². The highest BCUT2D eigenvalue weighted by Gasteiger charge is 2.11. The second kappa shape index (κ2) is 6.44. The average molecular weight is 310 g/mol. The van der Waals surface area contributed by atoms with Crippen molar-refractivity contribution in [3.63, 3.8) is 0 Å². The minimum atomic E-state index is -0.210. The van der Waals surface area contributed by atoms with E-state index in [1.807, 2.05) is 48.7 Å². The molecule has 0 bridgehead atoms. The summed E-state index contributed by atoms with van der Waals surface area (Å²) in [4.78, 5) is 13.4. The van der Waals surface area contributed by atoms with E-state index < -0.39 is 0 Å². The van der Waals surface area contributed by atoms with E-state index in [4.69, 9.17) is 0 Å². The quantitative estimate of drug-likeness (QED) is 0.752. The number of thioether (sulfide) groups is 1. The third-order valence-corrected chi connectivity index (χ3v) is 3.90. The number of carbonyl (C=O) groups excluding carboxylic acids is 1. The molecule has 0 saturated carbocycles. The summed E-state index contributed by atoms with van der Waals surface area (Å²) < 4.78 is 1.73. The zero-order valence-corrected chi connectivity index (χ0v) is 12.7. The van der Waals surface area contributed by atoms with Crippen LogP contribution in [0.5, 0.6) is 0 Å². The summed E-state index contributed by atoms with van der Waals surface area (Å²) in [7, 11) is 0. The number of anilines is 1. The molecule has 22 heavy (non-hydrogen) atoms. The van der Waals surface area contributed by atoms with E-state index in [1.165, 1.54) is 0 Å². The van der Waals surface area contributed by atoms with Crippen LogP contribution >= 0.6 is 11.8 Å². The molecule has 1 N–H and O–H groups in total. The van der Waals surface area contributed by atoms with Crippen LogP contribution < -0.4 is 5.32 Å². The van der Waals surface area contributed by atoms with Gasteiger partial charge in [0.2, 0.25) is 5.95 Å². The van der Waals surface area contributed by atoms with Crippen LogP contribution in [0.3, 0.4) is 0 Å². The molecule has 0 aliphatic heterocycles. The van der Waals surface area contributed by atoms with Crippen molar-refractivity contribution in [2.75, 3.05) is 11.6 Å². The molecule has 6 heteroatoms. The Morgan fingerprint density at radius 2 is 1.82 bits per heavy atom. The lowest BCUT2D eigenvalue weighted by Crippen LogP contribution is -2.15. The predicted molar refractivity (Wildman–Crippen MR) is 87.5 cm³/mol. The molecule has 110 valence electrons. The molecule has 2 aromatic carbocycles. The Morgan fingerprint density at radius 3 is 2.50 bits per heavy atom. The first-order valence-electron chi connectivity index (χ1n) is 6.69. The molecule has 3 aromatic rings. The van der Waals surface area contributed by atoms with Gasteiger partial charge in [-0.2, -0.15) is 0 Å². The summed E-state index contributed by atoms with van der Waals surface area (Å²) in [6.45, 7) is 0. The number of rotatable bonds is 4. The summed E-state index contributed by atoms with van der Waals surface area (Å²) in [5, 5.41) is 10.6. The number of para-hydroxylation sites is 1. The van der Waals surface area contributed by atoms with Crippen molar-refractivity contribution in [2.45, 2.75) is 4.90 Å². The number of nitrogens with one attached hydrogen (secondary N) is 1. The standard InChI is InChI=1S/C16H14N4OS/c1-22-14-9-7-12(8-10-14)15(21)18-16-19-17-11-20(16)13-5-3-2-4-6-13/h2-11H,1H3,(H,18,19,21). The SMILES string of the molecule is CSc1ccc(C(=O)Nc2nncn2-c2ccccc2)cc1. The van der Waals surface area contributed by atoms with Gasteiger partial charge in [0.15, 0.2) is 0 Å². The first-order valence-corrected chi connectivity index (χ1v) is 7.91. The van der Waals surface area contributed by atoms with Gasteiger partial charge < -0.3 is 0 Å². The van der Waals surface area contributed by atoms with Gasteiger partial charge in [-0.1, -0.05) is 18.2 Å². The van der Waals surface area contributed by atoms with Crippen LogP contribution in [0, 0.1) is 0 Å². The molecule has 3 rings (SSSR count). The Bertz CT molecular complexity index is 768. The summed E-state index contributed by atoms with van der Waals surface area (Å²) in [5.41, 5.74) is 1.47. The monoisotopic (exact) mass is 310 g/mol. The van der Waals surface area contributed by atoms with Crippen molar-refractivity contribution in [1.29, 1.82) is 0 Å². The number of aromatic nitrogens is 3. The van der Waals surface area contributed by atoms with Crippen molar-refractivity contribution in [2.24, 2.45) is 0 Å². The molecule has 0 saturated heterocycles. The van der Waals surface area contributed by atoms with Gasteiger partial charge in [0.25, 0.3) is 5.91 Å². The molecule has 1 heterocycles. The van der Waals surface area contributed by atoms with E-state index in [2.05, 4.69) is 15.5 Å². The Labute approximate surface area is 132 Å². The fraction of sp³-hybridized carbons (Fsp3) is 0.0625. The minimum Gasteiger partial charge on any atom is -0.290 e. The maximum Gasteiger partial charge on any atom is 0.258 e. The Kier molecular flexibility index (Phi) is 4.20. The number of carbonyl (C=O) groups is 1. The molecular weight excluding hydrogens is 296 g/mol. The molecule has 0 fully saturated rings. The largest absolute Gasteiger partial charge is 0.290 e. The molecule has 0 radical (unpaired) electrons. The van der Waals surface area contributed by atoms with Crippen molar-refractivity contribution < 1.29 is 4.79 Å². The first-order chi connectivity index (χ1) is 10.8. The van der Waals surface area contributed by atoms with Crippen molar-refractivity contribution in [1.82, 2.24) is 14.8 Å². The van der Waals surface area contributed by atoms with Crippen LogP contribution in [0.25, 0.3) is 5.69 Å². The molecule has 1 amide bonds. The van der Waals surface area contributed by atoms with Gasteiger partial charge >= 0.3 is 0 Å². The van der Waals surface area contributed by atoms with Gasteiger partial charge in [-0.25, -0.2) is 0 Å². The minimum absolute atomic E-state index is 0.210. The summed E-state index contributed by atoms with van der Waals surface area (Å²) in [6.07, 6.45) is 3.57. The van der Waals surface area contributed by atoms with E-state index in [-0.39, 0.29) is 5.91 Å². The second-order valence-electron chi connectivity index (χ2n) is 4.54. The highest BCUT2D eigenvalue weighted by molar-refractivity contribution is 7.98. The van der Waals surface area contributed by atoms with E-state index >= 15 is 0 Å². The van der Waals surface area contributed by atoms with Crippen molar-refractivity contribution >= 4 is 23.6 Å². The third-order valence-electron chi connectivity index (χ3n) is 3.16. The maximum atomic E-state index is 12.3. The van der Waals surface area contributed by atoms with Gasteiger partial charge in [-0.05, 0) is 42.7 Å². The maximum absolute atomic E-state index is 12.3. The van der Waals surface area contributed by atoms with Gasteiger partial charge in [0.1, 0.15) is 6.33 Å². The topological polar surface area (TPSA) is 59.8 Å². The predicted octanol–water partition coefficient (Wildman–Crippen LogP) is 3.24. The van der Waals surface area contributed by atoms with E-state index in [0.717, 1.165) is 10.6 Å². The van der Waals surface area contributed by atoms with Crippen LogP contribution in [-0.2, 0) is 0 Å². The molecular formula is C16H14N4OS. The average Bonchev–Trinajstić information content (AvgIpc) is 3.04. The molecule has 0 spiro atoms. The normalized spacial score (nSPS) is 10.4. The molecule has 0 unspecified atom stereocenters. The Hall–Kier alpha value is -2.60. The fourth-order valence-electron chi connectivity index (χ4n) is 2.01. The van der Waals surface area contributed by atoms with Gasteiger partial charge in [-0.3, -0.25) is 14.7 Å². The molecule has 0 atom stereocenters. The first kappa shape index (κ1) is 14.3. The number of hydrogen-bond donors (Lipinski definition) is 1. The van der Waals surface area contributed by atoms with Crippen LogP contribution in [-0.4, -0.2) is 26.9 Å². The smallest absolute Gasteiger partial charge is 0.258 e. The molecule has 1 aromatic heterocycles. The number of benzene rings is 2. The zero-order chi connectivity index (χ0) is 15.4. The number of amides is 1. The second-order valence-corrected chi connectivity index (χ2v) is 5.42. The van der Waals surface area contributed by atoms with E-state index in [1.54, 1.807) is 34.8 Å². The van der Waals surface area contributed by atoms with Gasteiger partial charge in [0, 0.05) is 10.5 Å². The third kappa shape index (κ3) is 3.01. The lowest BCUT2D eigenvalue weighted by Gasteiger charge is -2.08. The van der Waals surface area contributed by atoms with Crippen LogP contribution in [0.1, 0.15) is 10.4 Å². The lowest BCUT2D eigenvalue weighted by molar-refractivity contribution is 0.102. The fourth-order valence-corrected chi connectivity index (χ4v) is 2.42.